The number of alkyl halides is 3. The van der Waals surface area contributed by atoms with E-state index in [0.29, 0.717) is 37.3 Å². The fourth-order valence-electron chi connectivity index (χ4n) is 8.65. The number of nitrogens with zero attached hydrogens (tertiary/aromatic N) is 6. The van der Waals surface area contributed by atoms with E-state index in [9.17, 15) is 37.6 Å². The Morgan fingerprint density at radius 1 is 1.07 bits per heavy atom. The Bertz CT molecular complexity index is 1940. The summed E-state index contributed by atoms with van der Waals surface area (Å²) < 4.78 is 47.5. The predicted octanol–water partition coefficient (Wildman–Crippen LogP) is 4.74. The van der Waals surface area contributed by atoms with Gasteiger partial charge in [0.2, 0.25) is 17.7 Å². The van der Waals surface area contributed by atoms with Crippen molar-refractivity contribution < 1.29 is 37.1 Å². The number of amides is 4. The molecule has 4 fully saturated rings. The van der Waals surface area contributed by atoms with Crippen LogP contribution in [0.25, 0.3) is 0 Å². The molecule has 306 valence electrons. The van der Waals surface area contributed by atoms with Crippen LogP contribution in [-0.2, 0) is 35.5 Å². The third kappa shape index (κ3) is 8.69. The van der Waals surface area contributed by atoms with E-state index in [1.807, 2.05) is 4.90 Å². The first-order valence-electron chi connectivity index (χ1n) is 19.3. The molecule has 17 heteroatoms. The topological polar surface area (TPSA) is 151 Å². The molecule has 3 saturated heterocycles. The first-order valence-corrected chi connectivity index (χ1v) is 19.7. The maximum Gasteiger partial charge on any atom is 0.417 e. The standard InChI is InChI=1S/C40H49F3N8O5S/c1-24-21-48(22-25(2)49(24)23-34(53)46-32-13-7-27(20-45-32)39(5)15-14-33(52)47-35(39)54)16-17-56-30-11-9-28(10-12-30)51-37(57)50(36(55)38(51,3)4)29-8-6-26(19-44)31(18-29)40(41,42)43/h6-8,13,18,20,24-25,28,30H,9-12,14-17,21-23H2,1-5H3,(H,45,46,53)(H,47,52,54)/t24-,25+,28-,30-,39-/m1/s1. The lowest BCUT2D eigenvalue weighted by Crippen LogP contribution is -2.58. The van der Waals surface area contributed by atoms with Gasteiger partial charge >= 0.3 is 6.18 Å². The van der Waals surface area contributed by atoms with Crippen molar-refractivity contribution in [3.8, 4) is 6.07 Å². The van der Waals surface area contributed by atoms with Gasteiger partial charge in [-0.25, -0.2) is 4.98 Å². The Morgan fingerprint density at radius 3 is 2.35 bits per heavy atom. The van der Waals surface area contributed by atoms with Crippen molar-refractivity contribution >= 4 is 52.5 Å². The molecule has 1 aliphatic carbocycles. The number of aromatic nitrogens is 1. The Balaban J connectivity index is 0.947. The summed E-state index contributed by atoms with van der Waals surface area (Å²) in [4.78, 5) is 62.7. The number of piperidine rings is 1. The maximum absolute atomic E-state index is 13.7. The number of piperazine rings is 1. The van der Waals surface area contributed by atoms with Crippen LogP contribution < -0.4 is 15.5 Å². The van der Waals surface area contributed by atoms with Crippen LogP contribution in [0.1, 0.15) is 89.8 Å². The van der Waals surface area contributed by atoms with Crippen molar-refractivity contribution in [2.45, 2.75) is 115 Å². The van der Waals surface area contributed by atoms with E-state index < -0.39 is 34.2 Å². The third-order valence-corrected chi connectivity index (χ3v) is 12.3. The number of carbonyl (C=O) groups is 4. The molecule has 0 spiro atoms. The molecule has 2 aromatic rings. The minimum atomic E-state index is -4.76. The van der Waals surface area contributed by atoms with Crippen molar-refractivity contribution in [3.05, 3.63) is 53.2 Å². The van der Waals surface area contributed by atoms with Crippen LogP contribution in [0.15, 0.2) is 36.5 Å². The summed E-state index contributed by atoms with van der Waals surface area (Å²) in [6, 6.07) is 8.35. The largest absolute Gasteiger partial charge is 0.417 e. The molecule has 0 radical (unpaired) electrons. The van der Waals surface area contributed by atoms with E-state index in [4.69, 9.17) is 17.0 Å². The van der Waals surface area contributed by atoms with Crippen molar-refractivity contribution in [2.75, 3.05) is 43.0 Å². The lowest BCUT2D eigenvalue weighted by Gasteiger charge is -2.44. The minimum Gasteiger partial charge on any atom is -0.377 e. The number of hydrogen-bond donors (Lipinski definition) is 2. The monoisotopic (exact) mass is 810 g/mol. The lowest BCUT2D eigenvalue weighted by atomic mass is 9.76. The number of ether oxygens (including phenoxy) is 1. The molecule has 13 nitrogen and oxygen atoms in total. The van der Waals surface area contributed by atoms with Crippen molar-refractivity contribution in [1.29, 1.82) is 5.26 Å². The molecule has 4 amide bonds. The number of nitrogens with one attached hydrogen (secondary N) is 2. The number of carbonyl (C=O) groups excluding carboxylic acids is 4. The Kier molecular flexibility index (Phi) is 12.1. The second-order valence-electron chi connectivity index (χ2n) is 16.3. The van der Waals surface area contributed by atoms with Crippen LogP contribution in [-0.4, -0.2) is 111 Å². The second kappa shape index (κ2) is 16.4. The van der Waals surface area contributed by atoms with Gasteiger partial charge in [0.15, 0.2) is 5.11 Å². The zero-order valence-corrected chi connectivity index (χ0v) is 33.6. The van der Waals surface area contributed by atoms with Crippen LogP contribution >= 0.6 is 12.2 Å². The number of pyridine rings is 1. The quantitative estimate of drug-likeness (QED) is 0.253. The van der Waals surface area contributed by atoms with E-state index in [2.05, 4.69) is 39.3 Å². The number of anilines is 2. The second-order valence-corrected chi connectivity index (χ2v) is 16.7. The van der Waals surface area contributed by atoms with E-state index in [0.717, 1.165) is 49.5 Å². The van der Waals surface area contributed by atoms with Crippen molar-refractivity contribution in [3.63, 3.8) is 0 Å². The van der Waals surface area contributed by atoms with Crippen LogP contribution in [0.2, 0.25) is 0 Å². The molecule has 1 aromatic heterocycles. The molecule has 4 aliphatic rings. The highest BCUT2D eigenvalue weighted by Gasteiger charge is 2.53. The van der Waals surface area contributed by atoms with Gasteiger partial charge < -0.3 is 15.0 Å². The molecular weight excluding hydrogens is 762 g/mol. The zero-order chi connectivity index (χ0) is 41.4. The molecule has 3 aliphatic heterocycles. The summed E-state index contributed by atoms with van der Waals surface area (Å²) in [5.74, 6) is -0.853. The van der Waals surface area contributed by atoms with Crippen molar-refractivity contribution in [2.24, 2.45) is 0 Å². The number of thiocarbonyl (C=S) groups is 1. The van der Waals surface area contributed by atoms with Gasteiger partial charge in [-0.05, 0) is 109 Å². The highest BCUT2D eigenvalue weighted by Crippen LogP contribution is 2.41. The number of imide groups is 1. The van der Waals surface area contributed by atoms with Gasteiger partial charge in [-0.3, -0.25) is 39.2 Å². The summed E-state index contributed by atoms with van der Waals surface area (Å²) in [7, 11) is 0. The first kappa shape index (κ1) is 42.1. The summed E-state index contributed by atoms with van der Waals surface area (Å²) in [6.45, 7) is 12.4. The van der Waals surface area contributed by atoms with E-state index in [1.54, 1.807) is 45.2 Å². The Hall–Kier alpha value is -4.50. The smallest absolute Gasteiger partial charge is 0.377 e. The van der Waals surface area contributed by atoms with Gasteiger partial charge in [-0.15, -0.1) is 0 Å². The van der Waals surface area contributed by atoms with E-state index >= 15 is 0 Å². The van der Waals surface area contributed by atoms with E-state index in [1.165, 1.54) is 6.07 Å². The molecule has 2 N–H and O–H groups in total. The summed E-state index contributed by atoms with van der Waals surface area (Å²) in [5.41, 5.74) is -2.90. The van der Waals surface area contributed by atoms with Crippen molar-refractivity contribution in [1.82, 2.24) is 25.0 Å². The van der Waals surface area contributed by atoms with E-state index in [-0.39, 0.29) is 65.7 Å². The Morgan fingerprint density at radius 2 is 1.75 bits per heavy atom. The number of rotatable bonds is 10. The number of benzene rings is 1. The Labute approximate surface area is 335 Å². The van der Waals surface area contributed by atoms with Gasteiger partial charge in [0.25, 0.3) is 5.91 Å². The highest BCUT2D eigenvalue weighted by atomic mass is 32.1. The fraction of sp³-hybridized carbons (Fsp3) is 0.575. The van der Waals surface area contributed by atoms with Crippen LogP contribution in [0.3, 0.4) is 0 Å². The lowest BCUT2D eigenvalue weighted by molar-refractivity contribution is -0.138. The summed E-state index contributed by atoms with van der Waals surface area (Å²) in [6.07, 6.45) is 0.359. The first-order chi connectivity index (χ1) is 26.8. The van der Waals surface area contributed by atoms with Gasteiger partial charge in [0, 0.05) is 50.4 Å². The van der Waals surface area contributed by atoms with Gasteiger partial charge in [-0.1, -0.05) is 6.07 Å². The molecule has 4 heterocycles. The summed E-state index contributed by atoms with van der Waals surface area (Å²) in [5, 5.41) is 14.6. The molecule has 1 saturated carbocycles. The third-order valence-electron chi connectivity index (χ3n) is 12.0. The SMILES string of the molecule is C[C@@H]1CN(CCO[C@H]2CC[C@H](N3C(=S)N(c4ccc(C#N)c(C(F)(F)F)c4)C(=O)C3(C)C)CC2)C[C@H](C)N1CC(=O)Nc1ccc([C@@]2(C)CCC(=O)NC2=O)cn1. The average Bonchev–Trinajstić information content (AvgIpc) is 3.33. The number of halogens is 3. The highest BCUT2D eigenvalue weighted by molar-refractivity contribution is 7.80. The summed E-state index contributed by atoms with van der Waals surface area (Å²) >= 11 is 5.73. The van der Waals surface area contributed by atoms with Crippen LogP contribution in [0, 0.1) is 11.3 Å². The predicted molar refractivity (Wildman–Crippen MR) is 209 cm³/mol. The van der Waals surface area contributed by atoms with Gasteiger partial charge in [-0.2, -0.15) is 18.4 Å². The molecule has 57 heavy (non-hydrogen) atoms. The number of nitriles is 1. The van der Waals surface area contributed by atoms with Gasteiger partial charge in [0.1, 0.15) is 11.4 Å². The minimum absolute atomic E-state index is 0.0147. The van der Waals surface area contributed by atoms with Crippen LogP contribution in [0.5, 0.6) is 0 Å². The fourth-order valence-corrected chi connectivity index (χ4v) is 9.22. The molecule has 6 rings (SSSR count). The number of hydrogen-bond acceptors (Lipinski definition) is 10. The molecule has 1 aromatic carbocycles. The molecular formula is C40H49F3N8O5S. The normalized spacial score (nSPS) is 27.4. The zero-order valence-electron chi connectivity index (χ0n) is 32.8. The molecule has 0 bridgehead atoms. The average molecular weight is 811 g/mol. The van der Waals surface area contributed by atoms with Crippen LogP contribution in [0.4, 0.5) is 24.7 Å². The maximum atomic E-state index is 13.7. The molecule has 0 unspecified atom stereocenters. The van der Waals surface area contributed by atoms with Gasteiger partial charge in [0.05, 0.1) is 47.6 Å². The molecule has 3 atom stereocenters.